The Labute approximate surface area is 211 Å². The number of fused-ring (bicyclic) bond motifs is 1. The third kappa shape index (κ3) is 5.09. The van der Waals surface area contributed by atoms with Gasteiger partial charge < -0.3 is 9.30 Å². The number of nitrogens with zero attached hydrogens (tertiary/aromatic N) is 2. The van der Waals surface area contributed by atoms with E-state index >= 15 is 4.39 Å². The van der Waals surface area contributed by atoms with Crippen LogP contribution in [0.25, 0.3) is 22.2 Å². The van der Waals surface area contributed by atoms with Gasteiger partial charge in [-0.2, -0.15) is 0 Å². The van der Waals surface area contributed by atoms with Crippen LogP contribution in [0.15, 0.2) is 84.9 Å². The van der Waals surface area contributed by atoms with Gasteiger partial charge in [0.1, 0.15) is 36.5 Å². The van der Waals surface area contributed by atoms with E-state index in [9.17, 15) is 8.78 Å². The lowest BCUT2D eigenvalue weighted by Gasteiger charge is -2.11. The topological polar surface area (TPSA) is 27.1 Å². The Hall–Kier alpha value is -3.77. The molecule has 0 bridgehead atoms. The lowest BCUT2D eigenvalue weighted by atomic mass is 10.0. The zero-order valence-electron chi connectivity index (χ0n) is 19.2. The van der Waals surface area contributed by atoms with Crippen molar-refractivity contribution in [3.63, 3.8) is 0 Å². The van der Waals surface area contributed by atoms with Crippen LogP contribution in [0.2, 0.25) is 5.02 Å². The minimum absolute atomic E-state index is 0.0413. The van der Waals surface area contributed by atoms with Gasteiger partial charge in [0.05, 0.1) is 17.6 Å². The van der Waals surface area contributed by atoms with Crippen molar-refractivity contribution >= 4 is 22.6 Å². The molecule has 0 aliphatic carbocycles. The number of benzene rings is 4. The quantitative estimate of drug-likeness (QED) is 0.215. The van der Waals surface area contributed by atoms with Crippen LogP contribution in [0.1, 0.15) is 17.0 Å². The van der Waals surface area contributed by atoms with Crippen molar-refractivity contribution in [2.75, 3.05) is 6.67 Å². The summed E-state index contributed by atoms with van der Waals surface area (Å²) in [7, 11) is 0. The number of rotatable bonds is 8. The maximum absolute atomic E-state index is 15.1. The Morgan fingerprint density at radius 2 is 1.58 bits per heavy atom. The molecule has 0 spiro atoms. The highest BCUT2D eigenvalue weighted by Crippen LogP contribution is 2.28. The van der Waals surface area contributed by atoms with Crippen molar-refractivity contribution in [2.24, 2.45) is 0 Å². The molecule has 0 aliphatic rings. The number of aryl methyl sites for hydroxylation is 1. The molecule has 0 unspecified atom stereocenters. The Bertz CT molecular complexity index is 1530. The number of aromatic nitrogens is 2. The van der Waals surface area contributed by atoms with Gasteiger partial charge in [0, 0.05) is 17.0 Å². The van der Waals surface area contributed by atoms with E-state index in [4.69, 9.17) is 16.3 Å². The summed E-state index contributed by atoms with van der Waals surface area (Å²) < 4.78 is 49.9. The second kappa shape index (κ2) is 10.5. The van der Waals surface area contributed by atoms with Crippen LogP contribution < -0.4 is 4.74 Å². The number of para-hydroxylation sites is 2. The van der Waals surface area contributed by atoms with Gasteiger partial charge in [-0.05, 0) is 59.2 Å². The van der Waals surface area contributed by atoms with Crippen molar-refractivity contribution in [1.82, 2.24) is 9.55 Å². The number of hydrogen-bond acceptors (Lipinski definition) is 2. The molecule has 5 rings (SSSR count). The van der Waals surface area contributed by atoms with Gasteiger partial charge in [-0.15, -0.1) is 0 Å². The third-order valence-corrected chi connectivity index (χ3v) is 6.26. The van der Waals surface area contributed by atoms with E-state index in [0.717, 1.165) is 16.6 Å². The molecule has 3 nitrogen and oxygen atoms in total. The van der Waals surface area contributed by atoms with Crippen LogP contribution in [0.5, 0.6) is 5.75 Å². The monoisotopic (exact) mass is 506 g/mol. The average molecular weight is 507 g/mol. The molecule has 0 atom stereocenters. The van der Waals surface area contributed by atoms with Gasteiger partial charge in [0.25, 0.3) is 0 Å². The number of ether oxygens (including phenoxy) is 1. The van der Waals surface area contributed by atoms with Gasteiger partial charge in [-0.1, -0.05) is 54.1 Å². The van der Waals surface area contributed by atoms with Crippen molar-refractivity contribution in [3.05, 3.63) is 119 Å². The van der Waals surface area contributed by atoms with E-state index in [0.29, 0.717) is 33.3 Å². The van der Waals surface area contributed by atoms with Crippen molar-refractivity contribution in [3.8, 4) is 16.9 Å². The number of imidazole rings is 1. The van der Waals surface area contributed by atoms with Gasteiger partial charge in [-0.3, -0.25) is 0 Å². The lowest BCUT2D eigenvalue weighted by molar-refractivity contribution is 0.300. The fourth-order valence-electron chi connectivity index (χ4n) is 4.20. The standard InChI is InChI=1S/C29H22ClF3N2O/c30-23-11-10-22(26(33)17-23)18-36-24-5-3-4-19(14-24)20-8-9-21(25(32)15-20)16-29-34-27-6-1-2-7-28(27)35(29)13-12-31/h1-11,14-15,17H,12-13,16,18H2. The molecule has 0 aliphatic heterocycles. The Morgan fingerprint density at radius 3 is 2.39 bits per heavy atom. The predicted octanol–water partition coefficient (Wildman–Crippen LogP) is 7.77. The second-order valence-electron chi connectivity index (χ2n) is 8.39. The van der Waals surface area contributed by atoms with Crippen LogP contribution in [0.3, 0.4) is 0 Å². The van der Waals surface area contributed by atoms with E-state index in [-0.39, 0.29) is 25.4 Å². The first kappa shape index (κ1) is 23.9. The second-order valence-corrected chi connectivity index (χ2v) is 8.83. The highest BCUT2D eigenvalue weighted by molar-refractivity contribution is 6.30. The van der Waals surface area contributed by atoms with E-state index in [1.807, 2.05) is 36.4 Å². The number of alkyl halides is 1. The molecular formula is C29H22ClF3N2O. The molecule has 0 saturated carbocycles. The summed E-state index contributed by atoms with van der Waals surface area (Å²) in [6.07, 6.45) is 0.247. The summed E-state index contributed by atoms with van der Waals surface area (Å²) >= 11 is 5.80. The van der Waals surface area contributed by atoms with Gasteiger partial charge in [0.15, 0.2) is 0 Å². The minimum atomic E-state index is -0.530. The van der Waals surface area contributed by atoms with E-state index in [1.165, 1.54) is 12.1 Å². The van der Waals surface area contributed by atoms with Crippen molar-refractivity contribution < 1.29 is 17.9 Å². The molecule has 0 saturated heterocycles. The largest absolute Gasteiger partial charge is 0.489 e. The number of halogens is 4. The Balaban J connectivity index is 1.35. The third-order valence-electron chi connectivity index (χ3n) is 6.02. The van der Waals surface area contributed by atoms with Gasteiger partial charge >= 0.3 is 0 Å². The maximum atomic E-state index is 15.1. The Kier molecular flexibility index (Phi) is 6.96. The normalized spacial score (nSPS) is 11.2. The van der Waals surface area contributed by atoms with Crippen LogP contribution in [-0.4, -0.2) is 16.2 Å². The van der Waals surface area contributed by atoms with Crippen LogP contribution in [0.4, 0.5) is 13.2 Å². The zero-order valence-corrected chi connectivity index (χ0v) is 20.0. The van der Waals surface area contributed by atoms with E-state index in [2.05, 4.69) is 4.98 Å². The molecular weight excluding hydrogens is 485 g/mol. The fourth-order valence-corrected chi connectivity index (χ4v) is 4.36. The van der Waals surface area contributed by atoms with Gasteiger partial charge in [0.2, 0.25) is 0 Å². The first-order valence-electron chi connectivity index (χ1n) is 11.5. The highest BCUT2D eigenvalue weighted by Gasteiger charge is 2.14. The first-order chi connectivity index (χ1) is 17.5. The summed E-state index contributed by atoms with van der Waals surface area (Å²) in [5.41, 5.74) is 3.89. The van der Waals surface area contributed by atoms with E-state index in [1.54, 1.807) is 41.0 Å². The Morgan fingerprint density at radius 1 is 0.806 bits per heavy atom. The zero-order chi connectivity index (χ0) is 25.1. The molecule has 0 amide bonds. The maximum Gasteiger partial charge on any atom is 0.131 e. The van der Waals surface area contributed by atoms with Crippen LogP contribution in [0, 0.1) is 11.6 Å². The first-order valence-corrected chi connectivity index (χ1v) is 11.9. The predicted molar refractivity (Wildman–Crippen MR) is 136 cm³/mol. The van der Waals surface area contributed by atoms with E-state index < -0.39 is 12.5 Å². The summed E-state index contributed by atoms with van der Waals surface area (Å²) in [4.78, 5) is 4.60. The fraction of sp³-hybridized carbons (Fsp3) is 0.138. The summed E-state index contributed by atoms with van der Waals surface area (Å²) in [5, 5.41) is 0.323. The number of hydrogen-bond donors (Lipinski definition) is 0. The molecule has 0 radical (unpaired) electrons. The molecule has 36 heavy (non-hydrogen) atoms. The summed E-state index contributed by atoms with van der Waals surface area (Å²) in [5.74, 6) is 0.342. The summed E-state index contributed by atoms with van der Waals surface area (Å²) in [6, 6.07) is 24.1. The molecule has 0 N–H and O–H groups in total. The van der Waals surface area contributed by atoms with Crippen LogP contribution in [-0.2, 0) is 19.6 Å². The molecule has 1 heterocycles. The molecule has 0 fully saturated rings. The van der Waals surface area contributed by atoms with Crippen molar-refractivity contribution in [2.45, 2.75) is 19.6 Å². The minimum Gasteiger partial charge on any atom is -0.489 e. The van der Waals surface area contributed by atoms with Crippen LogP contribution >= 0.6 is 11.6 Å². The average Bonchev–Trinajstić information content (AvgIpc) is 3.22. The lowest BCUT2D eigenvalue weighted by Crippen LogP contribution is -2.07. The van der Waals surface area contributed by atoms with Crippen molar-refractivity contribution in [1.29, 1.82) is 0 Å². The summed E-state index contributed by atoms with van der Waals surface area (Å²) in [6.45, 7) is -0.320. The highest BCUT2D eigenvalue weighted by atomic mass is 35.5. The SMILES string of the molecule is FCCn1c(Cc2ccc(-c3cccc(OCc4ccc(Cl)cc4F)c3)cc2F)nc2ccccc21. The van der Waals surface area contributed by atoms with Gasteiger partial charge in [-0.25, -0.2) is 18.2 Å². The molecule has 4 aromatic carbocycles. The molecule has 7 heteroatoms. The molecule has 1 aromatic heterocycles. The molecule has 5 aromatic rings. The molecule has 182 valence electrons. The smallest absolute Gasteiger partial charge is 0.131 e.